The van der Waals surface area contributed by atoms with Crippen LogP contribution in [0.4, 0.5) is 23.1 Å². The highest BCUT2D eigenvalue weighted by Crippen LogP contribution is 2.35. The van der Waals surface area contributed by atoms with Gasteiger partial charge in [-0.3, -0.25) is 0 Å². The summed E-state index contributed by atoms with van der Waals surface area (Å²) in [5.41, 5.74) is 1.67. The summed E-state index contributed by atoms with van der Waals surface area (Å²) in [6, 6.07) is 15.2. The fourth-order valence-electron chi connectivity index (χ4n) is 2.66. The molecule has 27 heavy (non-hydrogen) atoms. The number of aromatic nitrogens is 2. The minimum absolute atomic E-state index is 0.0767. The maximum Gasteiger partial charge on any atom is 0.231 e. The van der Waals surface area contributed by atoms with E-state index in [1.165, 1.54) is 0 Å². The molecule has 0 unspecified atom stereocenters. The van der Waals surface area contributed by atoms with Crippen LogP contribution < -0.4 is 24.8 Å². The molecule has 0 saturated carbocycles. The van der Waals surface area contributed by atoms with Crippen molar-refractivity contribution >= 4 is 23.1 Å². The molecule has 0 spiro atoms. The van der Waals surface area contributed by atoms with Crippen molar-refractivity contribution in [3.8, 4) is 17.2 Å². The van der Waals surface area contributed by atoms with E-state index in [4.69, 9.17) is 14.2 Å². The smallest absolute Gasteiger partial charge is 0.231 e. The molecule has 1 aliphatic heterocycles. The number of anilines is 4. The normalized spacial score (nSPS) is 12.1. The molecule has 0 aliphatic carbocycles. The van der Waals surface area contributed by atoms with E-state index in [0.29, 0.717) is 17.5 Å². The maximum absolute atomic E-state index is 5.83. The fraction of sp³-hybridized carbons (Fsp3) is 0.200. The van der Waals surface area contributed by atoms with Gasteiger partial charge in [0.1, 0.15) is 11.6 Å². The quantitative estimate of drug-likeness (QED) is 0.668. The summed E-state index contributed by atoms with van der Waals surface area (Å²) in [7, 11) is 0. The first-order chi connectivity index (χ1) is 13.2. The number of nitrogens with one attached hydrogen (secondary N) is 2. The molecule has 0 bridgehead atoms. The van der Waals surface area contributed by atoms with Gasteiger partial charge < -0.3 is 24.8 Å². The number of hydrogen-bond acceptors (Lipinski definition) is 7. The van der Waals surface area contributed by atoms with Crippen LogP contribution in [0.5, 0.6) is 17.2 Å². The van der Waals surface area contributed by atoms with Crippen LogP contribution in [0.25, 0.3) is 0 Å². The van der Waals surface area contributed by atoms with Crippen LogP contribution >= 0.6 is 0 Å². The number of para-hydroxylation sites is 2. The Morgan fingerprint density at radius 1 is 1.00 bits per heavy atom. The molecule has 7 nitrogen and oxygen atoms in total. The van der Waals surface area contributed by atoms with Gasteiger partial charge in [0, 0.05) is 18.0 Å². The van der Waals surface area contributed by atoms with Gasteiger partial charge in [-0.25, -0.2) is 4.98 Å². The Hall–Kier alpha value is -3.48. The van der Waals surface area contributed by atoms with Crippen LogP contribution in [-0.2, 0) is 0 Å². The van der Waals surface area contributed by atoms with Gasteiger partial charge in [-0.1, -0.05) is 12.1 Å². The Bertz CT molecular complexity index is 946. The number of ether oxygens (including phenoxy) is 3. The van der Waals surface area contributed by atoms with Crippen LogP contribution in [0.2, 0.25) is 0 Å². The summed E-state index contributed by atoms with van der Waals surface area (Å²) in [5, 5.41) is 6.46. The number of rotatable bonds is 6. The van der Waals surface area contributed by atoms with E-state index >= 15 is 0 Å². The first kappa shape index (κ1) is 17.0. The lowest BCUT2D eigenvalue weighted by Gasteiger charge is -2.15. The molecule has 0 saturated heterocycles. The zero-order chi connectivity index (χ0) is 18.6. The van der Waals surface area contributed by atoms with Crippen molar-refractivity contribution in [3.63, 3.8) is 0 Å². The summed E-state index contributed by atoms with van der Waals surface area (Å²) in [4.78, 5) is 8.81. The Labute approximate surface area is 157 Å². The van der Waals surface area contributed by atoms with Crippen molar-refractivity contribution in [2.24, 2.45) is 0 Å². The van der Waals surface area contributed by atoms with Gasteiger partial charge in [0.15, 0.2) is 11.5 Å². The predicted octanol–water partition coefficient (Wildman–Crippen LogP) is 4.48. The van der Waals surface area contributed by atoms with Crippen LogP contribution in [0.1, 0.15) is 13.8 Å². The lowest BCUT2D eigenvalue weighted by molar-refractivity contribution is 0.174. The number of fused-ring (bicyclic) bond motifs is 1. The van der Waals surface area contributed by atoms with Crippen molar-refractivity contribution in [2.45, 2.75) is 20.0 Å². The van der Waals surface area contributed by atoms with Crippen molar-refractivity contribution in [1.29, 1.82) is 0 Å². The standard InChI is InChI=1S/C20H20N4O3/c1-13(2)27-16-6-4-3-5-15(16)23-20-21-10-9-19(24-20)22-14-7-8-17-18(11-14)26-12-25-17/h3-11,13H,12H2,1-2H3,(H2,21,22,23,24). The monoisotopic (exact) mass is 364 g/mol. The van der Waals surface area contributed by atoms with E-state index < -0.39 is 0 Å². The molecule has 0 fully saturated rings. The largest absolute Gasteiger partial charge is 0.489 e. The minimum Gasteiger partial charge on any atom is -0.489 e. The van der Waals surface area contributed by atoms with Gasteiger partial charge in [0.25, 0.3) is 0 Å². The summed E-state index contributed by atoms with van der Waals surface area (Å²) in [6.07, 6.45) is 1.77. The average Bonchev–Trinajstić information content (AvgIpc) is 3.11. The molecule has 2 aromatic carbocycles. The highest BCUT2D eigenvalue weighted by Gasteiger charge is 2.13. The second-order valence-electron chi connectivity index (χ2n) is 6.25. The molecule has 7 heteroatoms. The van der Waals surface area contributed by atoms with Crippen molar-refractivity contribution in [3.05, 3.63) is 54.7 Å². The summed E-state index contributed by atoms with van der Waals surface area (Å²) < 4.78 is 16.6. The summed E-state index contributed by atoms with van der Waals surface area (Å²) in [5.74, 6) is 3.35. The van der Waals surface area contributed by atoms with E-state index in [9.17, 15) is 0 Å². The molecule has 4 rings (SSSR count). The van der Waals surface area contributed by atoms with Crippen molar-refractivity contribution in [2.75, 3.05) is 17.4 Å². The Morgan fingerprint density at radius 3 is 2.74 bits per heavy atom. The molecular weight excluding hydrogens is 344 g/mol. The Balaban J connectivity index is 1.51. The number of benzene rings is 2. The highest BCUT2D eigenvalue weighted by atomic mass is 16.7. The molecule has 0 radical (unpaired) electrons. The lowest BCUT2D eigenvalue weighted by Crippen LogP contribution is -2.08. The zero-order valence-corrected chi connectivity index (χ0v) is 15.1. The Kier molecular flexibility index (Phi) is 4.65. The third-order valence-corrected chi connectivity index (χ3v) is 3.80. The van der Waals surface area contributed by atoms with Crippen LogP contribution in [-0.4, -0.2) is 22.9 Å². The predicted molar refractivity (Wildman–Crippen MR) is 103 cm³/mol. The molecule has 138 valence electrons. The van der Waals surface area contributed by atoms with Crippen LogP contribution in [0.3, 0.4) is 0 Å². The first-order valence-electron chi connectivity index (χ1n) is 8.70. The summed E-state index contributed by atoms with van der Waals surface area (Å²) in [6.45, 7) is 4.23. The van der Waals surface area contributed by atoms with Gasteiger partial charge in [0.05, 0.1) is 11.8 Å². The second-order valence-corrected chi connectivity index (χ2v) is 6.25. The lowest BCUT2D eigenvalue weighted by atomic mass is 10.3. The average molecular weight is 364 g/mol. The van der Waals surface area contributed by atoms with E-state index in [1.54, 1.807) is 12.3 Å². The zero-order valence-electron chi connectivity index (χ0n) is 15.1. The van der Waals surface area contributed by atoms with Crippen molar-refractivity contribution < 1.29 is 14.2 Å². The van der Waals surface area contributed by atoms with Gasteiger partial charge in [-0.2, -0.15) is 4.98 Å². The van der Waals surface area contributed by atoms with E-state index in [-0.39, 0.29) is 12.9 Å². The van der Waals surface area contributed by atoms with Gasteiger partial charge in [0.2, 0.25) is 12.7 Å². The molecule has 3 aromatic rings. The number of nitrogens with zero attached hydrogens (tertiary/aromatic N) is 2. The molecule has 2 heterocycles. The Morgan fingerprint density at radius 2 is 1.85 bits per heavy atom. The SMILES string of the molecule is CC(C)Oc1ccccc1Nc1nccc(Nc2ccc3c(c2)OCO3)n1. The molecule has 0 amide bonds. The van der Waals surface area contributed by atoms with E-state index in [2.05, 4.69) is 20.6 Å². The molecule has 2 N–H and O–H groups in total. The third kappa shape index (κ3) is 4.03. The van der Waals surface area contributed by atoms with Crippen LogP contribution in [0.15, 0.2) is 54.7 Å². The fourth-order valence-corrected chi connectivity index (χ4v) is 2.66. The minimum atomic E-state index is 0.0767. The van der Waals surface area contributed by atoms with E-state index in [1.807, 2.05) is 56.3 Å². The van der Waals surface area contributed by atoms with E-state index in [0.717, 1.165) is 22.9 Å². The van der Waals surface area contributed by atoms with Crippen molar-refractivity contribution in [1.82, 2.24) is 9.97 Å². The first-order valence-corrected chi connectivity index (χ1v) is 8.70. The second kappa shape index (κ2) is 7.41. The molecule has 0 atom stereocenters. The third-order valence-electron chi connectivity index (χ3n) is 3.80. The number of hydrogen-bond donors (Lipinski definition) is 2. The van der Waals surface area contributed by atoms with Gasteiger partial charge in [-0.05, 0) is 44.2 Å². The topological polar surface area (TPSA) is 77.5 Å². The highest BCUT2D eigenvalue weighted by molar-refractivity contribution is 5.65. The molecule has 1 aliphatic rings. The van der Waals surface area contributed by atoms with Gasteiger partial charge in [-0.15, -0.1) is 0 Å². The summed E-state index contributed by atoms with van der Waals surface area (Å²) >= 11 is 0. The molecule has 1 aromatic heterocycles. The van der Waals surface area contributed by atoms with Crippen LogP contribution in [0, 0.1) is 0 Å². The maximum atomic E-state index is 5.83. The van der Waals surface area contributed by atoms with Gasteiger partial charge >= 0.3 is 0 Å². The molecular formula is C20H20N4O3.